The maximum atomic E-state index is 16.5. The van der Waals surface area contributed by atoms with Crippen LogP contribution in [0, 0.1) is 5.92 Å². The molecule has 0 bridgehead atoms. The molecule has 0 aliphatic carbocycles. The Bertz CT molecular complexity index is 1780. The molecule has 3 aromatic carbocycles. The van der Waals surface area contributed by atoms with Gasteiger partial charge in [0.1, 0.15) is 12.4 Å². The Balaban J connectivity index is 1.21. The molecule has 0 unspecified atom stereocenters. The molecule has 258 valence electrons. The van der Waals surface area contributed by atoms with Crippen LogP contribution in [0.5, 0.6) is 5.75 Å². The third kappa shape index (κ3) is 5.59. The molecule has 1 spiro atoms. The van der Waals surface area contributed by atoms with Gasteiger partial charge in [0.25, 0.3) is 5.91 Å². The Morgan fingerprint density at radius 2 is 1.82 bits per heavy atom. The lowest BCUT2D eigenvalue weighted by Crippen LogP contribution is -2.48. The minimum Gasteiger partial charge on any atom is -0.497 e. The van der Waals surface area contributed by atoms with E-state index in [4.69, 9.17) is 14.2 Å². The monoisotopic (exact) mass is 687 g/mol. The second-order valence-electron chi connectivity index (χ2n) is 14.0. The van der Waals surface area contributed by atoms with Gasteiger partial charge in [-0.25, -0.2) is 4.79 Å². The highest BCUT2D eigenvalue weighted by molar-refractivity contribution is 6.72. The molecule has 3 amide bonds. The smallest absolute Gasteiger partial charge is 0.414 e. The van der Waals surface area contributed by atoms with Crippen LogP contribution in [-0.2, 0) is 44.2 Å². The van der Waals surface area contributed by atoms with Gasteiger partial charge < -0.3 is 33.2 Å². The summed E-state index contributed by atoms with van der Waals surface area (Å²) >= 11 is 0. The zero-order valence-corrected chi connectivity index (χ0v) is 29.2. The third-order valence-electron chi connectivity index (χ3n) is 10.8. The van der Waals surface area contributed by atoms with Gasteiger partial charge >= 0.3 is 6.09 Å². The number of benzene rings is 3. The minimum atomic E-state index is -3.53. The van der Waals surface area contributed by atoms with Gasteiger partial charge in [0.2, 0.25) is 14.3 Å². The number of aliphatic hydroxyl groups is 1. The quantitative estimate of drug-likeness (QED) is 0.253. The number of hydrogen-bond acceptors (Lipinski definition) is 7. The van der Waals surface area contributed by atoms with Gasteiger partial charge in [-0.2, -0.15) is 0 Å². The fraction of sp³-hybridized carbons (Fsp3) is 0.432. The highest BCUT2D eigenvalue weighted by Gasteiger charge is 2.67. The van der Waals surface area contributed by atoms with E-state index in [9.17, 15) is 19.5 Å². The van der Waals surface area contributed by atoms with E-state index in [0.717, 1.165) is 16.7 Å². The maximum Gasteiger partial charge on any atom is 0.414 e. The number of methoxy groups -OCH3 is 1. The molecule has 0 saturated carbocycles. The number of ether oxygens (including phenoxy) is 3. The van der Waals surface area contributed by atoms with Crippen molar-refractivity contribution in [3.63, 3.8) is 0 Å². The number of carbonyl (C=O) groups excluding carboxylic acids is 3. The summed E-state index contributed by atoms with van der Waals surface area (Å²) in [7, 11) is -1.98. The van der Waals surface area contributed by atoms with E-state index in [2.05, 4.69) is 0 Å². The van der Waals surface area contributed by atoms with Crippen LogP contribution in [-0.4, -0.2) is 75.3 Å². The number of rotatable bonds is 8. The van der Waals surface area contributed by atoms with Crippen LogP contribution >= 0.6 is 0 Å². The van der Waals surface area contributed by atoms with E-state index in [0.29, 0.717) is 48.8 Å². The summed E-state index contributed by atoms with van der Waals surface area (Å²) in [6.07, 6.45) is -0.824. The predicted octanol–water partition coefficient (Wildman–Crippen LogP) is 5.31. The van der Waals surface area contributed by atoms with Gasteiger partial charge in [-0.15, -0.1) is 0 Å². The number of cyclic esters (lactones) is 1. The number of halogens is 1. The zero-order valence-electron chi connectivity index (χ0n) is 28.2. The van der Waals surface area contributed by atoms with Crippen molar-refractivity contribution in [1.82, 2.24) is 4.90 Å². The van der Waals surface area contributed by atoms with Gasteiger partial charge in [0, 0.05) is 29.3 Å². The molecule has 4 heterocycles. The van der Waals surface area contributed by atoms with E-state index >= 15 is 4.11 Å². The van der Waals surface area contributed by atoms with Gasteiger partial charge in [-0.3, -0.25) is 14.5 Å². The summed E-state index contributed by atoms with van der Waals surface area (Å²) < 4.78 is 33.9. The summed E-state index contributed by atoms with van der Waals surface area (Å²) in [5.41, 5.74) is 2.70. The summed E-state index contributed by atoms with van der Waals surface area (Å²) in [4.78, 5) is 45.9. The van der Waals surface area contributed by atoms with E-state index in [1.807, 2.05) is 61.5 Å². The van der Waals surface area contributed by atoms with Crippen molar-refractivity contribution in [2.24, 2.45) is 5.92 Å². The molecule has 12 heteroatoms. The standard InChI is InChI=1S/C37H42FN3O7Si/c1-23-34(49(3,4)38)32(19-33(43)40-21-26-8-6-5-7-25(26)17-28(40)22-42)48-37(23)30-18-29(46-2)13-14-31(30)41(35(37)44)20-24-9-11-27(12-10-24)39-15-16-47-36(39)45/h5-14,18,23,28,32,34,42H,15-17,19-22H2,1-4H3/t23-,28+,32+,34-,37+/m1/s1. The normalized spacial score (nSPS) is 26.3. The molecular weight excluding hydrogens is 646 g/mol. The molecule has 0 radical (unpaired) electrons. The number of carbonyl (C=O) groups is 3. The van der Waals surface area contributed by atoms with Crippen molar-refractivity contribution in [2.75, 3.05) is 36.7 Å². The first-order valence-electron chi connectivity index (χ1n) is 16.8. The second kappa shape index (κ2) is 12.6. The molecular formula is C37H42FN3O7Si. The highest BCUT2D eigenvalue weighted by atomic mass is 28.4. The Morgan fingerprint density at radius 1 is 1.08 bits per heavy atom. The lowest BCUT2D eigenvalue weighted by Gasteiger charge is -2.37. The van der Waals surface area contributed by atoms with E-state index in [-0.39, 0.29) is 31.4 Å². The first-order chi connectivity index (χ1) is 23.5. The minimum absolute atomic E-state index is 0.108. The molecule has 4 aliphatic rings. The van der Waals surface area contributed by atoms with Gasteiger partial charge in [-0.05, 0) is 66.5 Å². The predicted molar refractivity (Wildman–Crippen MR) is 184 cm³/mol. The molecule has 2 saturated heterocycles. The molecule has 0 aromatic heterocycles. The lowest BCUT2D eigenvalue weighted by atomic mass is 9.82. The van der Waals surface area contributed by atoms with Crippen molar-refractivity contribution in [3.8, 4) is 5.75 Å². The molecule has 2 fully saturated rings. The zero-order chi connectivity index (χ0) is 34.7. The summed E-state index contributed by atoms with van der Waals surface area (Å²) in [6.45, 7) is 6.28. The number of anilines is 2. The SMILES string of the molecule is COc1ccc2c(c1)[C@]1(O[C@@H](CC(=O)N3Cc4ccccc4C[C@H]3CO)[C@H]([Si](C)(C)F)[C@H]1C)C(=O)N2Cc1ccc(N2CCOC2=O)cc1. The van der Waals surface area contributed by atoms with Gasteiger partial charge in [-0.1, -0.05) is 43.3 Å². The van der Waals surface area contributed by atoms with Crippen molar-refractivity contribution < 1.29 is 37.8 Å². The molecule has 1 N–H and O–H groups in total. The van der Waals surface area contributed by atoms with Crippen LogP contribution in [0.4, 0.5) is 20.3 Å². The summed E-state index contributed by atoms with van der Waals surface area (Å²) in [5.74, 6) is -0.592. The molecule has 3 aromatic rings. The number of fused-ring (bicyclic) bond motifs is 3. The van der Waals surface area contributed by atoms with Crippen LogP contribution in [0.2, 0.25) is 18.6 Å². The fourth-order valence-corrected chi connectivity index (χ4v) is 10.9. The highest BCUT2D eigenvalue weighted by Crippen LogP contribution is 2.60. The van der Waals surface area contributed by atoms with Crippen molar-refractivity contribution in [1.29, 1.82) is 0 Å². The van der Waals surface area contributed by atoms with E-state index in [1.54, 1.807) is 47.0 Å². The van der Waals surface area contributed by atoms with Crippen LogP contribution in [0.1, 0.15) is 35.6 Å². The Labute approximate surface area is 286 Å². The van der Waals surface area contributed by atoms with Crippen LogP contribution < -0.4 is 14.5 Å². The van der Waals surface area contributed by atoms with E-state index in [1.165, 1.54) is 0 Å². The Kier molecular flexibility index (Phi) is 8.52. The van der Waals surface area contributed by atoms with Crippen molar-refractivity contribution >= 4 is 37.7 Å². The lowest BCUT2D eigenvalue weighted by molar-refractivity contribution is -0.151. The molecule has 4 aliphatic heterocycles. The van der Waals surface area contributed by atoms with Crippen LogP contribution in [0.3, 0.4) is 0 Å². The maximum absolute atomic E-state index is 16.5. The summed E-state index contributed by atoms with van der Waals surface area (Å²) in [6, 6.07) is 20.3. The van der Waals surface area contributed by atoms with E-state index < -0.39 is 43.7 Å². The molecule has 5 atom stereocenters. The molecule has 49 heavy (non-hydrogen) atoms. The van der Waals surface area contributed by atoms with Crippen LogP contribution in [0.15, 0.2) is 66.7 Å². The third-order valence-corrected chi connectivity index (χ3v) is 13.2. The van der Waals surface area contributed by atoms with Gasteiger partial charge in [0.05, 0.1) is 51.1 Å². The first-order valence-corrected chi connectivity index (χ1v) is 19.8. The largest absolute Gasteiger partial charge is 0.497 e. The molecule has 10 nitrogen and oxygen atoms in total. The average molecular weight is 688 g/mol. The first kappa shape index (κ1) is 33.2. The van der Waals surface area contributed by atoms with Crippen molar-refractivity contribution in [2.45, 2.75) is 69.2 Å². The summed E-state index contributed by atoms with van der Waals surface area (Å²) in [5, 5.41) is 10.2. The topological polar surface area (TPSA) is 109 Å². The fourth-order valence-electron chi connectivity index (χ4n) is 8.43. The number of hydrogen-bond donors (Lipinski definition) is 1. The molecule has 7 rings (SSSR count). The Hall–Kier alpha value is -4.26. The van der Waals surface area contributed by atoms with Gasteiger partial charge in [0.15, 0.2) is 5.60 Å². The van der Waals surface area contributed by atoms with Crippen molar-refractivity contribution in [3.05, 3.63) is 89.0 Å². The Morgan fingerprint density at radius 3 is 2.47 bits per heavy atom. The number of amides is 3. The van der Waals surface area contributed by atoms with Crippen LogP contribution in [0.25, 0.3) is 0 Å². The number of aliphatic hydroxyl groups excluding tert-OH is 1. The average Bonchev–Trinajstić information content (AvgIpc) is 3.72. The number of nitrogens with zero attached hydrogens (tertiary/aromatic N) is 3. The second-order valence-corrected chi connectivity index (χ2v) is 17.8.